The topological polar surface area (TPSA) is 66.5 Å². The van der Waals surface area contributed by atoms with E-state index in [1.54, 1.807) is 12.1 Å². The fraction of sp³-hybridized carbons (Fsp3) is 0.250. The lowest BCUT2D eigenvalue weighted by Gasteiger charge is -2.09. The van der Waals surface area contributed by atoms with Crippen LogP contribution in [0.1, 0.15) is 20.7 Å². The number of likely N-dealkylation sites (N-methyl/N-ethyl adjacent to an activating group) is 1. The van der Waals surface area contributed by atoms with Crippen LogP contribution in [0.15, 0.2) is 24.3 Å². The number of ketones is 1. The molecule has 90 valence electrons. The fourth-order valence-electron chi connectivity index (χ4n) is 1.27. The lowest BCUT2D eigenvalue weighted by Crippen LogP contribution is -2.30. The van der Waals surface area contributed by atoms with Crippen molar-refractivity contribution in [3.63, 3.8) is 0 Å². The Hall–Kier alpha value is -2.17. The van der Waals surface area contributed by atoms with Crippen LogP contribution < -0.4 is 5.32 Å². The van der Waals surface area contributed by atoms with Crippen molar-refractivity contribution < 1.29 is 14.4 Å². The van der Waals surface area contributed by atoms with E-state index in [0.717, 1.165) is 0 Å². The minimum Gasteiger partial charge on any atom is -0.355 e. The number of hydrogen-bond donors (Lipinski definition) is 1. The average molecular weight is 234 g/mol. The molecule has 0 aliphatic heterocycles. The van der Waals surface area contributed by atoms with Gasteiger partial charge in [0.05, 0.1) is 0 Å². The zero-order valence-corrected chi connectivity index (χ0v) is 9.98. The summed E-state index contributed by atoms with van der Waals surface area (Å²) >= 11 is 0. The second kappa shape index (κ2) is 5.25. The Morgan fingerprint density at radius 2 is 1.71 bits per heavy atom. The second-order valence-electron chi connectivity index (χ2n) is 3.69. The van der Waals surface area contributed by atoms with Gasteiger partial charge < -0.3 is 10.2 Å². The summed E-state index contributed by atoms with van der Waals surface area (Å²) in [6.45, 7) is 0. The van der Waals surface area contributed by atoms with Gasteiger partial charge >= 0.3 is 0 Å². The fourth-order valence-corrected chi connectivity index (χ4v) is 1.27. The van der Waals surface area contributed by atoms with Crippen LogP contribution in [0.3, 0.4) is 0 Å². The Balaban J connectivity index is 3.04. The van der Waals surface area contributed by atoms with Gasteiger partial charge in [-0.2, -0.15) is 0 Å². The highest BCUT2D eigenvalue weighted by Crippen LogP contribution is 2.07. The summed E-state index contributed by atoms with van der Waals surface area (Å²) in [4.78, 5) is 35.8. The summed E-state index contributed by atoms with van der Waals surface area (Å²) in [7, 11) is 4.51. The number of Topliss-reactive ketones (excluding diaryl/α,β-unsaturated/α-hetero) is 1. The lowest BCUT2D eigenvalue weighted by atomic mass is 10.1. The molecular weight excluding hydrogens is 220 g/mol. The minimum atomic E-state index is -0.624. The first-order chi connectivity index (χ1) is 7.97. The van der Waals surface area contributed by atoms with Gasteiger partial charge in [-0.25, -0.2) is 0 Å². The highest BCUT2D eigenvalue weighted by Gasteiger charge is 2.18. The number of carbonyl (C=O) groups excluding carboxylic acids is 3. The molecule has 1 N–H and O–H groups in total. The van der Waals surface area contributed by atoms with Gasteiger partial charge in [-0.05, 0) is 12.1 Å². The Labute approximate surface area is 99.4 Å². The zero-order chi connectivity index (χ0) is 13.0. The smallest absolute Gasteiger partial charge is 0.294 e. The molecule has 0 spiro atoms. The molecular formula is C12H14N2O3. The van der Waals surface area contributed by atoms with Gasteiger partial charge in [0.25, 0.3) is 11.8 Å². The standard InChI is InChI=1S/C12H14N2O3/c1-13-11(16)9-6-4-5-8(7-9)10(15)12(17)14(2)3/h4-7H,1-3H3,(H,13,16). The molecule has 0 heterocycles. The molecule has 2 amide bonds. The summed E-state index contributed by atoms with van der Waals surface area (Å²) in [6, 6.07) is 6.06. The van der Waals surface area contributed by atoms with E-state index in [1.165, 1.54) is 38.2 Å². The quantitative estimate of drug-likeness (QED) is 0.605. The Morgan fingerprint density at radius 3 is 2.24 bits per heavy atom. The lowest BCUT2D eigenvalue weighted by molar-refractivity contribution is -0.124. The molecule has 0 fully saturated rings. The number of carbonyl (C=O) groups is 3. The van der Waals surface area contributed by atoms with E-state index in [4.69, 9.17) is 0 Å². The second-order valence-corrected chi connectivity index (χ2v) is 3.69. The van der Waals surface area contributed by atoms with Crippen molar-refractivity contribution in [2.75, 3.05) is 21.1 Å². The van der Waals surface area contributed by atoms with Crippen LogP contribution in [0.25, 0.3) is 0 Å². The zero-order valence-electron chi connectivity index (χ0n) is 9.98. The van der Waals surface area contributed by atoms with E-state index >= 15 is 0 Å². The summed E-state index contributed by atoms with van der Waals surface area (Å²) in [6.07, 6.45) is 0. The maximum atomic E-state index is 11.7. The van der Waals surface area contributed by atoms with E-state index in [2.05, 4.69) is 5.32 Å². The van der Waals surface area contributed by atoms with Crippen LogP contribution in [-0.4, -0.2) is 43.6 Å². The van der Waals surface area contributed by atoms with Gasteiger partial charge in [0.2, 0.25) is 5.78 Å². The SMILES string of the molecule is CNC(=O)c1cccc(C(=O)C(=O)N(C)C)c1. The molecule has 0 atom stereocenters. The number of benzene rings is 1. The molecule has 1 aromatic rings. The Morgan fingerprint density at radius 1 is 1.12 bits per heavy atom. The third-order valence-electron chi connectivity index (χ3n) is 2.21. The molecule has 1 rings (SSSR count). The number of nitrogens with one attached hydrogen (secondary N) is 1. The first-order valence-corrected chi connectivity index (χ1v) is 5.05. The monoisotopic (exact) mass is 234 g/mol. The van der Waals surface area contributed by atoms with Gasteiger partial charge in [-0.1, -0.05) is 12.1 Å². The Bertz CT molecular complexity index is 467. The molecule has 0 saturated heterocycles. The van der Waals surface area contributed by atoms with Gasteiger partial charge in [0, 0.05) is 32.3 Å². The molecule has 0 aromatic heterocycles. The first-order valence-electron chi connectivity index (χ1n) is 5.05. The maximum absolute atomic E-state index is 11.7. The molecule has 0 unspecified atom stereocenters. The van der Waals surface area contributed by atoms with Crippen molar-refractivity contribution in [3.8, 4) is 0 Å². The predicted molar refractivity (Wildman–Crippen MR) is 62.9 cm³/mol. The molecule has 0 bridgehead atoms. The highest BCUT2D eigenvalue weighted by atomic mass is 16.2. The first kappa shape index (κ1) is 12.9. The van der Waals surface area contributed by atoms with E-state index in [-0.39, 0.29) is 11.5 Å². The van der Waals surface area contributed by atoms with Crippen LogP contribution in [0, 0.1) is 0 Å². The van der Waals surface area contributed by atoms with E-state index in [1.807, 2.05) is 0 Å². The molecule has 0 aliphatic rings. The van der Waals surface area contributed by atoms with Crippen LogP contribution in [0.5, 0.6) is 0 Å². The average Bonchev–Trinajstić information content (AvgIpc) is 2.36. The predicted octanol–water partition coefficient (Wildman–Crippen LogP) is 0.317. The van der Waals surface area contributed by atoms with E-state index in [0.29, 0.717) is 5.56 Å². The van der Waals surface area contributed by atoms with Gasteiger partial charge in [-0.3, -0.25) is 14.4 Å². The number of nitrogens with zero attached hydrogens (tertiary/aromatic N) is 1. The molecule has 1 aromatic carbocycles. The van der Waals surface area contributed by atoms with Gasteiger partial charge in [0.15, 0.2) is 0 Å². The molecule has 0 aliphatic carbocycles. The molecule has 5 nitrogen and oxygen atoms in total. The van der Waals surface area contributed by atoms with Crippen molar-refractivity contribution in [1.29, 1.82) is 0 Å². The molecule has 5 heteroatoms. The van der Waals surface area contributed by atoms with Crippen LogP contribution in [-0.2, 0) is 4.79 Å². The van der Waals surface area contributed by atoms with Crippen molar-refractivity contribution in [2.24, 2.45) is 0 Å². The van der Waals surface area contributed by atoms with Crippen molar-refractivity contribution in [2.45, 2.75) is 0 Å². The van der Waals surface area contributed by atoms with E-state index < -0.39 is 11.7 Å². The van der Waals surface area contributed by atoms with Crippen LogP contribution in [0.4, 0.5) is 0 Å². The van der Waals surface area contributed by atoms with Gasteiger partial charge in [0.1, 0.15) is 0 Å². The molecule has 0 saturated carbocycles. The van der Waals surface area contributed by atoms with Crippen LogP contribution >= 0.6 is 0 Å². The third kappa shape index (κ3) is 2.90. The summed E-state index contributed by atoms with van der Waals surface area (Å²) in [5.74, 6) is -1.53. The van der Waals surface area contributed by atoms with Gasteiger partial charge in [-0.15, -0.1) is 0 Å². The maximum Gasteiger partial charge on any atom is 0.294 e. The van der Waals surface area contributed by atoms with Crippen molar-refractivity contribution >= 4 is 17.6 Å². The normalized spacial score (nSPS) is 9.59. The molecule has 17 heavy (non-hydrogen) atoms. The third-order valence-corrected chi connectivity index (χ3v) is 2.21. The minimum absolute atomic E-state index is 0.213. The molecule has 0 radical (unpaired) electrons. The summed E-state index contributed by atoms with van der Waals surface area (Å²) in [5, 5.41) is 2.45. The van der Waals surface area contributed by atoms with Crippen LogP contribution in [0.2, 0.25) is 0 Å². The summed E-state index contributed by atoms with van der Waals surface area (Å²) in [5.41, 5.74) is 0.565. The van der Waals surface area contributed by atoms with E-state index in [9.17, 15) is 14.4 Å². The van der Waals surface area contributed by atoms with Crippen molar-refractivity contribution in [1.82, 2.24) is 10.2 Å². The largest absolute Gasteiger partial charge is 0.355 e. The number of hydrogen-bond acceptors (Lipinski definition) is 3. The Kier molecular flexibility index (Phi) is 3.98. The number of amides is 2. The highest BCUT2D eigenvalue weighted by molar-refractivity contribution is 6.42. The van der Waals surface area contributed by atoms with Crippen molar-refractivity contribution in [3.05, 3.63) is 35.4 Å². The number of rotatable bonds is 3. The summed E-state index contributed by atoms with van der Waals surface area (Å²) < 4.78 is 0.